The molecule has 0 atom stereocenters. The Labute approximate surface area is 147 Å². The van der Waals surface area contributed by atoms with E-state index >= 15 is 0 Å². The number of aromatic amines is 1. The topological polar surface area (TPSA) is 80.1 Å². The summed E-state index contributed by atoms with van der Waals surface area (Å²) in [5.74, 6) is 0.154. The highest BCUT2D eigenvalue weighted by molar-refractivity contribution is 6.76. The third-order valence-corrected chi connectivity index (χ3v) is 5.73. The van der Waals surface area contributed by atoms with Crippen LogP contribution in [-0.4, -0.2) is 34.3 Å². The summed E-state index contributed by atoms with van der Waals surface area (Å²) in [6.07, 6.45) is 1.68. The maximum Gasteiger partial charge on any atom is 0.332 e. The van der Waals surface area contributed by atoms with Crippen molar-refractivity contribution in [1.29, 1.82) is 0 Å². The van der Waals surface area contributed by atoms with Gasteiger partial charge in [-0.25, -0.2) is 14.3 Å². The molecule has 0 aliphatic heterocycles. The molecule has 0 amide bonds. The predicted molar refractivity (Wildman–Crippen MR) is 101 cm³/mol. The Bertz CT molecular complexity index is 923. The minimum Gasteiger partial charge on any atom is -0.508 e. The van der Waals surface area contributed by atoms with Crippen LogP contribution in [0.3, 0.4) is 0 Å². The van der Waals surface area contributed by atoms with Gasteiger partial charge in [0.15, 0.2) is 5.65 Å². The van der Waals surface area contributed by atoms with Gasteiger partial charge in [0.05, 0.1) is 17.8 Å². The molecule has 2 heterocycles. The largest absolute Gasteiger partial charge is 0.508 e. The number of hydrogen-bond acceptors (Lipinski definition) is 4. The Morgan fingerprint density at radius 3 is 2.60 bits per heavy atom. The van der Waals surface area contributed by atoms with E-state index in [1.807, 2.05) is 6.07 Å². The second-order valence-electron chi connectivity index (χ2n) is 7.31. The molecule has 2 N–H and O–H groups in total. The number of benzene rings is 1. The van der Waals surface area contributed by atoms with Crippen LogP contribution in [0.15, 0.2) is 41.3 Å². The van der Waals surface area contributed by atoms with Crippen LogP contribution in [0.2, 0.25) is 25.7 Å². The molecule has 0 unspecified atom stereocenters. The monoisotopic (exact) mass is 357 g/mol. The molecule has 3 aromatic rings. The Morgan fingerprint density at radius 2 is 1.92 bits per heavy atom. The molecule has 0 aliphatic carbocycles. The van der Waals surface area contributed by atoms with Crippen molar-refractivity contribution in [3.05, 3.63) is 52.6 Å². The van der Waals surface area contributed by atoms with Gasteiger partial charge < -0.3 is 14.8 Å². The number of imidazole rings is 1. The first-order valence-electron chi connectivity index (χ1n) is 8.31. The van der Waals surface area contributed by atoms with E-state index < -0.39 is 8.07 Å². The average molecular weight is 357 g/mol. The quantitative estimate of drug-likeness (QED) is 0.524. The minimum atomic E-state index is -1.12. The maximum absolute atomic E-state index is 12.4. The van der Waals surface area contributed by atoms with Crippen molar-refractivity contribution < 1.29 is 9.84 Å². The SMILES string of the molecule is C[Si](C)(C)CCOCc1ccnc2c1[nH]c(=O)n2-c1ccc(O)cc1. The molecule has 0 fully saturated rings. The highest BCUT2D eigenvalue weighted by Gasteiger charge is 2.15. The Balaban J connectivity index is 1.89. The van der Waals surface area contributed by atoms with Gasteiger partial charge in [-0.05, 0) is 36.4 Å². The van der Waals surface area contributed by atoms with Gasteiger partial charge in [-0.2, -0.15) is 0 Å². The Morgan fingerprint density at radius 1 is 1.20 bits per heavy atom. The van der Waals surface area contributed by atoms with Gasteiger partial charge in [0, 0.05) is 26.4 Å². The van der Waals surface area contributed by atoms with Gasteiger partial charge in [-0.3, -0.25) is 0 Å². The molecule has 2 aromatic heterocycles. The first kappa shape index (κ1) is 17.4. The standard InChI is InChI=1S/C18H23N3O3Si/c1-25(2,3)11-10-24-12-13-8-9-19-17-16(13)20-18(23)21(17)14-4-6-15(22)7-5-14/h4-9,22H,10-12H2,1-3H3,(H,20,23). The summed E-state index contributed by atoms with van der Waals surface area (Å²) in [5.41, 5.74) is 2.55. The number of aromatic nitrogens is 3. The summed E-state index contributed by atoms with van der Waals surface area (Å²) < 4.78 is 7.32. The number of hydrogen-bond donors (Lipinski definition) is 2. The van der Waals surface area contributed by atoms with E-state index in [0.717, 1.165) is 18.2 Å². The molecule has 3 rings (SSSR count). The summed E-state index contributed by atoms with van der Waals surface area (Å²) >= 11 is 0. The fourth-order valence-corrected chi connectivity index (χ4v) is 3.33. The molecule has 7 heteroatoms. The van der Waals surface area contributed by atoms with Crippen molar-refractivity contribution in [3.8, 4) is 11.4 Å². The van der Waals surface area contributed by atoms with Crippen molar-refractivity contribution in [3.63, 3.8) is 0 Å². The molecule has 0 spiro atoms. The number of rotatable bonds is 6. The number of fused-ring (bicyclic) bond motifs is 1. The van der Waals surface area contributed by atoms with Crippen LogP contribution in [0.4, 0.5) is 0 Å². The van der Waals surface area contributed by atoms with E-state index in [4.69, 9.17) is 4.74 Å². The highest BCUT2D eigenvalue weighted by atomic mass is 28.3. The smallest absolute Gasteiger partial charge is 0.332 e. The molecule has 25 heavy (non-hydrogen) atoms. The molecule has 6 nitrogen and oxygen atoms in total. The fraction of sp³-hybridized carbons (Fsp3) is 0.333. The van der Waals surface area contributed by atoms with Crippen molar-refractivity contribution in [2.45, 2.75) is 32.3 Å². The van der Waals surface area contributed by atoms with E-state index in [2.05, 4.69) is 29.6 Å². The van der Waals surface area contributed by atoms with Crippen molar-refractivity contribution in [2.75, 3.05) is 6.61 Å². The predicted octanol–water partition coefficient (Wildman–Crippen LogP) is 3.27. The molecule has 132 valence electrons. The first-order valence-corrected chi connectivity index (χ1v) is 12.0. The van der Waals surface area contributed by atoms with E-state index in [1.165, 1.54) is 4.57 Å². The van der Waals surface area contributed by atoms with Crippen LogP contribution in [0.1, 0.15) is 5.56 Å². The van der Waals surface area contributed by atoms with Crippen LogP contribution in [0, 0.1) is 0 Å². The molecular formula is C18H23N3O3Si. The minimum absolute atomic E-state index is 0.154. The summed E-state index contributed by atoms with van der Waals surface area (Å²) in [4.78, 5) is 19.6. The Hall–Kier alpha value is -2.38. The van der Waals surface area contributed by atoms with Crippen LogP contribution in [0.25, 0.3) is 16.9 Å². The van der Waals surface area contributed by atoms with E-state index in [9.17, 15) is 9.90 Å². The van der Waals surface area contributed by atoms with E-state index in [-0.39, 0.29) is 11.4 Å². The highest BCUT2D eigenvalue weighted by Crippen LogP contribution is 2.19. The molecule has 0 bridgehead atoms. The van der Waals surface area contributed by atoms with Crippen molar-refractivity contribution >= 4 is 19.2 Å². The summed E-state index contributed by atoms with van der Waals surface area (Å²) in [6.45, 7) is 8.12. The van der Waals surface area contributed by atoms with Crippen LogP contribution in [-0.2, 0) is 11.3 Å². The number of nitrogens with zero attached hydrogens (tertiary/aromatic N) is 2. The van der Waals surface area contributed by atoms with Crippen LogP contribution in [0.5, 0.6) is 5.75 Å². The lowest BCUT2D eigenvalue weighted by molar-refractivity contribution is 0.134. The zero-order valence-electron chi connectivity index (χ0n) is 14.7. The third-order valence-electron chi connectivity index (χ3n) is 4.03. The molecule has 1 aromatic carbocycles. The zero-order valence-corrected chi connectivity index (χ0v) is 15.7. The Kier molecular flexibility index (Phi) is 4.78. The van der Waals surface area contributed by atoms with Gasteiger partial charge >= 0.3 is 5.69 Å². The van der Waals surface area contributed by atoms with Crippen molar-refractivity contribution in [1.82, 2.24) is 14.5 Å². The average Bonchev–Trinajstić information content (AvgIpc) is 2.88. The van der Waals surface area contributed by atoms with Gasteiger partial charge in [0.2, 0.25) is 0 Å². The molecule has 0 aliphatic rings. The lowest BCUT2D eigenvalue weighted by atomic mass is 10.2. The maximum atomic E-state index is 12.4. The lowest BCUT2D eigenvalue weighted by Gasteiger charge is -2.15. The van der Waals surface area contributed by atoms with Crippen molar-refractivity contribution in [2.24, 2.45) is 0 Å². The number of phenolic OH excluding ortho intramolecular Hbond substituents is 1. The molecule has 0 saturated carbocycles. The zero-order chi connectivity index (χ0) is 18.0. The number of nitrogens with one attached hydrogen (secondary N) is 1. The summed E-state index contributed by atoms with van der Waals surface area (Å²) in [5, 5.41) is 9.43. The number of aromatic hydroxyl groups is 1. The molecular weight excluding hydrogens is 334 g/mol. The normalized spacial score (nSPS) is 12.0. The number of pyridine rings is 1. The number of phenols is 1. The van der Waals surface area contributed by atoms with Gasteiger partial charge in [0.1, 0.15) is 5.75 Å². The van der Waals surface area contributed by atoms with Crippen LogP contribution >= 0.6 is 0 Å². The number of H-pyrrole nitrogens is 1. The van der Waals surface area contributed by atoms with Crippen LogP contribution < -0.4 is 5.69 Å². The van der Waals surface area contributed by atoms with E-state index in [0.29, 0.717) is 23.5 Å². The number of ether oxygens (including phenoxy) is 1. The van der Waals surface area contributed by atoms with Gasteiger partial charge in [-0.1, -0.05) is 19.6 Å². The third kappa shape index (κ3) is 4.00. The summed E-state index contributed by atoms with van der Waals surface area (Å²) in [6, 6.07) is 9.43. The van der Waals surface area contributed by atoms with Gasteiger partial charge in [0.25, 0.3) is 0 Å². The molecule has 0 radical (unpaired) electrons. The second-order valence-corrected chi connectivity index (χ2v) is 12.9. The van der Waals surface area contributed by atoms with E-state index in [1.54, 1.807) is 30.5 Å². The summed E-state index contributed by atoms with van der Waals surface area (Å²) in [7, 11) is -1.12. The molecule has 0 saturated heterocycles. The first-order chi connectivity index (χ1) is 11.8. The second kappa shape index (κ2) is 6.85. The fourth-order valence-electron chi connectivity index (χ4n) is 2.58. The van der Waals surface area contributed by atoms with Gasteiger partial charge in [-0.15, -0.1) is 0 Å². The lowest BCUT2D eigenvalue weighted by Crippen LogP contribution is -2.21.